The van der Waals surface area contributed by atoms with Gasteiger partial charge in [-0.25, -0.2) is 0 Å². The van der Waals surface area contributed by atoms with Gasteiger partial charge in [0.2, 0.25) is 0 Å². The van der Waals surface area contributed by atoms with Gasteiger partial charge in [-0.05, 0) is 43.9 Å². The molecule has 1 aromatic carbocycles. The molecule has 0 radical (unpaired) electrons. The third-order valence-corrected chi connectivity index (χ3v) is 4.16. The number of hydrogen-bond donors (Lipinski definition) is 1. The number of likely N-dealkylation sites (tertiary alicyclic amines) is 1. The fourth-order valence-electron chi connectivity index (χ4n) is 3.19. The average Bonchev–Trinajstić information content (AvgIpc) is 2.42. The Balaban J connectivity index is 2.30. The van der Waals surface area contributed by atoms with Crippen LogP contribution < -0.4 is 0 Å². The minimum Gasteiger partial charge on any atom is -0.480 e. The normalized spacial score (nSPS) is 22.1. The van der Waals surface area contributed by atoms with Gasteiger partial charge in [-0.3, -0.25) is 9.69 Å². The van der Waals surface area contributed by atoms with Crippen molar-refractivity contribution >= 4 is 5.97 Å². The minimum atomic E-state index is -0.674. The van der Waals surface area contributed by atoms with Gasteiger partial charge in [0, 0.05) is 6.04 Å². The van der Waals surface area contributed by atoms with E-state index < -0.39 is 5.97 Å². The molecule has 104 valence electrons. The van der Waals surface area contributed by atoms with Crippen LogP contribution in [0.1, 0.15) is 49.8 Å². The van der Waals surface area contributed by atoms with Crippen molar-refractivity contribution in [1.82, 2.24) is 4.90 Å². The summed E-state index contributed by atoms with van der Waals surface area (Å²) in [5.41, 5.74) is 2.53. The lowest BCUT2D eigenvalue weighted by Gasteiger charge is -2.39. The molecule has 1 heterocycles. The van der Waals surface area contributed by atoms with Gasteiger partial charge in [-0.15, -0.1) is 0 Å². The maximum atomic E-state index is 11.5. The molecular weight excluding hydrogens is 238 g/mol. The second-order valence-electron chi connectivity index (χ2n) is 5.37. The Hall–Kier alpha value is -1.35. The summed E-state index contributed by atoms with van der Waals surface area (Å²) < 4.78 is 0. The summed E-state index contributed by atoms with van der Waals surface area (Å²) in [6.45, 7) is 5.14. The predicted molar refractivity (Wildman–Crippen MR) is 76.2 cm³/mol. The summed E-state index contributed by atoms with van der Waals surface area (Å²) in [6.07, 6.45) is 3.86. The van der Waals surface area contributed by atoms with Gasteiger partial charge in [0.1, 0.15) is 6.04 Å². The quantitative estimate of drug-likeness (QED) is 0.903. The Labute approximate surface area is 115 Å². The molecule has 2 atom stereocenters. The van der Waals surface area contributed by atoms with Crippen LogP contribution >= 0.6 is 0 Å². The summed E-state index contributed by atoms with van der Waals surface area (Å²) in [4.78, 5) is 13.6. The van der Waals surface area contributed by atoms with Crippen molar-refractivity contribution in [3.05, 3.63) is 35.4 Å². The number of aliphatic carboxylic acids is 1. The molecule has 3 heteroatoms. The molecule has 0 bridgehead atoms. The molecule has 1 aliphatic rings. The predicted octanol–water partition coefficient (Wildman–Crippen LogP) is 3.39. The number of carbonyl (C=O) groups is 1. The van der Waals surface area contributed by atoms with Crippen LogP contribution in [0.5, 0.6) is 0 Å². The van der Waals surface area contributed by atoms with Gasteiger partial charge in [0.25, 0.3) is 0 Å². The summed E-state index contributed by atoms with van der Waals surface area (Å²) in [5.74, 6) is -0.674. The molecule has 2 rings (SSSR count). The number of benzene rings is 1. The molecule has 3 nitrogen and oxygen atoms in total. The molecule has 0 aromatic heterocycles. The first kappa shape index (κ1) is 14.1. The van der Waals surface area contributed by atoms with Gasteiger partial charge in [0.15, 0.2) is 0 Å². The number of hydrogen-bond acceptors (Lipinski definition) is 2. The van der Waals surface area contributed by atoms with Crippen LogP contribution in [0.15, 0.2) is 24.3 Å². The summed E-state index contributed by atoms with van der Waals surface area (Å²) in [5, 5.41) is 9.43. The first-order chi connectivity index (χ1) is 9.15. The zero-order chi connectivity index (χ0) is 13.8. The first-order valence-electron chi connectivity index (χ1n) is 7.19. The summed E-state index contributed by atoms with van der Waals surface area (Å²) in [6, 6.07) is 8.23. The minimum absolute atomic E-state index is 0.225. The second-order valence-corrected chi connectivity index (χ2v) is 5.37. The van der Waals surface area contributed by atoms with Crippen LogP contribution in [0.4, 0.5) is 0 Å². The molecular formula is C16H23NO2. The lowest BCUT2D eigenvalue weighted by molar-refractivity contribution is -0.146. The van der Waals surface area contributed by atoms with Gasteiger partial charge in [0.05, 0.1) is 0 Å². The zero-order valence-electron chi connectivity index (χ0n) is 11.8. The van der Waals surface area contributed by atoms with E-state index in [-0.39, 0.29) is 12.1 Å². The van der Waals surface area contributed by atoms with E-state index in [0.29, 0.717) is 0 Å². The Morgan fingerprint density at radius 3 is 2.79 bits per heavy atom. The molecule has 2 unspecified atom stereocenters. The molecule has 1 aliphatic heterocycles. The maximum Gasteiger partial charge on any atom is 0.320 e. The molecule has 1 aromatic rings. The first-order valence-corrected chi connectivity index (χ1v) is 7.19. The van der Waals surface area contributed by atoms with Crippen molar-refractivity contribution in [2.24, 2.45) is 0 Å². The van der Waals surface area contributed by atoms with E-state index >= 15 is 0 Å². The van der Waals surface area contributed by atoms with E-state index in [0.717, 1.165) is 32.2 Å². The fraction of sp³-hybridized carbons (Fsp3) is 0.562. The van der Waals surface area contributed by atoms with Crippen molar-refractivity contribution in [3.8, 4) is 0 Å². The fourth-order valence-corrected chi connectivity index (χ4v) is 3.19. The van der Waals surface area contributed by atoms with Crippen LogP contribution in [0.3, 0.4) is 0 Å². The highest BCUT2D eigenvalue weighted by Crippen LogP contribution is 2.32. The highest BCUT2D eigenvalue weighted by atomic mass is 16.4. The SMILES string of the molecule is CCC(c1ccccc1C)N1CCCCC1C(=O)O. The van der Waals surface area contributed by atoms with Gasteiger partial charge < -0.3 is 5.11 Å². The van der Waals surface area contributed by atoms with Gasteiger partial charge in [-0.1, -0.05) is 37.6 Å². The smallest absolute Gasteiger partial charge is 0.320 e. The lowest BCUT2D eigenvalue weighted by Crippen LogP contribution is -2.46. The third kappa shape index (κ3) is 2.98. The van der Waals surface area contributed by atoms with Crippen molar-refractivity contribution < 1.29 is 9.90 Å². The van der Waals surface area contributed by atoms with E-state index in [4.69, 9.17) is 0 Å². The van der Waals surface area contributed by atoms with Crippen molar-refractivity contribution in [3.63, 3.8) is 0 Å². The number of carboxylic acids is 1. The Kier molecular flexibility index (Phi) is 4.59. The van der Waals surface area contributed by atoms with Crippen LogP contribution in [-0.4, -0.2) is 28.6 Å². The van der Waals surface area contributed by atoms with Crippen LogP contribution in [0.25, 0.3) is 0 Å². The molecule has 0 saturated carbocycles. The van der Waals surface area contributed by atoms with Crippen molar-refractivity contribution in [2.75, 3.05) is 6.54 Å². The molecule has 1 fully saturated rings. The van der Waals surface area contributed by atoms with Crippen LogP contribution in [0, 0.1) is 6.92 Å². The average molecular weight is 261 g/mol. The maximum absolute atomic E-state index is 11.5. The zero-order valence-corrected chi connectivity index (χ0v) is 11.8. The monoisotopic (exact) mass is 261 g/mol. The van der Waals surface area contributed by atoms with Crippen molar-refractivity contribution in [1.29, 1.82) is 0 Å². The molecule has 0 amide bonds. The number of carboxylic acid groups (broad SMARTS) is 1. The highest BCUT2D eigenvalue weighted by molar-refractivity contribution is 5.73. The number of aryl methyl sites for hydroxylation is 1. The number of nitrogens with zero attached hydrogens (tertiary/aromatic N) is 1. The Bertz CT molecular complexity index is 444. The van der Waals surface area contributed by atoms with Gasteiger partial charge >= 0.3 is 5.97 Å². The topological polar surface area (TPSA) is 40.5 Å². The molecule has 1 N–H and O–H groups in total. The Morgan fingerprint density at radius 1 is 1.42 bits per heavy atom. The van der Waals surface area contributed by atoms with Crippen LogP contribution in [0.2, 0.25) is 0 Å². The number of rotatable bonds is 4. The molecule has 19 heavy (non-hydrogen) atoms. The molecule has 0 spiro atoms. The Morgan fingerprint density at radius 2 is 2.16 bits per heavy atom. The van der Waals surface area contributed by atoms with E-state index in [1.165, 1.54) is 11.1 Å². The summed E-state index contributed by atoms with van der Waals surface area (Å²) in [7, 11) is 0. The lowest BCUT2D eigenvalue weighted by atomic mass is 9.92. The summed E-state index contributed by atoms with van der Waals surface area (Å²) >= 11 is 0. The van der Waals surface area contributed by atoms with E-state index in [1.807, 2.05) is 12.1 Å². The molecule has 1 saturated heterocycles. The van der Waals surface area contributed by atoms with Crippen molar-refractivity contribution in [2.45, 2.75) is 51.6 Å². The largest absolute Gasteiger partial charge is 0.480 e. The standard InChI is InChI=1S/C16H23NO2/c1-3-14(13-9-5-4-8-12(13)2)17-11-7-6-10-15(17)16(18)19/h4-5,8-9,14-15H,3,6-7,10-11H2,1-2H3,(H,18,19). The van der Waals surface area contributed by atoms with Crippen LogP contribution in [-0.2, 0) is 4.79 Å². The second kappa shape index (κ2) is 6.20. The molecule has 0 aliphatic carbocycles. The highest BCUT2D eigenvalue weighted by Gasteiger charge is 2.33. The number of piperidine rings is 1. The van der Waals surface area contributed by atoms with E-state index in [9.17, 15) is 9.90 Å². The van der Waals surface area contributed by atoms with Gasteiger partial charge in [-0.2, -0.15) is 0 Å². The van der Waals surface area contributed by atoms with E-state index in [1.54, 1.807) is 0 Å². The van der Waals surface area contributed by atoms with E-state index in [2.05, 4.69) is 30.9 Å². The third-order valence-electron chi connectivity index (χ3n) is 4.16.